The molecule has 0 aliphatic carbocycles. The third-order valence-corrected chi connectivity index (χ3v) is 5.90. The van der Waals surface area contributed by atoms with E-state index >= 15 is 0 Å². The van der Waals surface area contributed by atoms with Crippen LogP contribution in [0.3, 0.4) is 0 Å². The molecule has 4 aromatic rings. The van der Waals surface area contributed by atoms with Crippen molar-refractivity contribution in [2.45, 2.75) is 19.5 Å². The van der Waals surface area contributed by atoms with Gasteiger partial charge in [-0.15, -0.1) is 29.8 Å². The van der Waals surface area contributed by atoms with Crippen LogP contribution in [0, 0.1) is 24.9 Å². The third kappa shape index (κ3) is 5.11. The van der Waals surface area contributed by atoms with E-state index in [4.69, 9.17) is 0 Å². The predicted molar refractivity (Wildman–Crippen MR) is 130 cm³/mol. The summed E-state index contributed by atoms with van der Waals surface area (Å²) in [5.74, 6) is -0.369. The molecule has 6 rings (SSSR count). The first-order valence-corrected chi connectivity index (χ1v) is 11.0. The molecule has 0 saturated carbocycles. The summed E-state index contributed by atoms with van der Waals surface area (Å²) in [4.78, 5) is 6.64. The van der Waals surface area contributed by atoms with Crippen LogP contribution in [-0.2, 0) is 26.5 Å². The Balaban J connectivity index is 0.000000169. The maximum atomic E-state index is 13.3. The molecule has 3 aromatic carbocycles. The van der Waals surface area contributed by atoms with Gasteiger partial charge in [-0.1, -0.05) is 42.8 Å². The molecule has 0 fully saturated rings. The van der Waals surface area contributed by atoms with Gasteiger partial charge in [0.2, 0.25) is 0 Å². The van der Waals surface area contributed by atoms with Gasteiger partial charge in [0.15, 0.2) is 0 Å². The zero-order valence-corrected chi connectivity index (χ0v) is 21.1. The van der Waals surface area contributed by atoms with Crippen LogP contribution < -0.4 is 0 Å². The van der Waals surface area contributed by atoms with E-state index in [1.54, 1.807) is 6.07 Å². The van der Waals surface area contributed by atoms with Crippen LogP contribution in [0.4, 0.5) is 4.39 Å². The van der Waals surface area contributed by atoms with Crippen molar-refractivity contribution in [3.63, 3.8) is 0 Å². The minimum atomic E-state index is -0.369. The van der Waals surface area contributed by atoms with E-state index in [0.29, 0.717) is 5.56 Å². The number of hydrogen-bond donors (Lipinski definition) is 0. The van der Waals surface area contributed by atoms with Crippen LogP contribution in [0.25, 0.3) is 27.7 Å². The van der Waals surface area contributed by atoms with Crippen LogP contribution >= 0.6 is 0 Å². The molecule has 170 valence electrons. The number of aryl methyl sites for hydroxylation is 1. The molecule has 34 heavy (non-hydrogen) atoms. The maximum Gasteiger partial charge on any atom is 3.00 e. The molecule has 0 amide bonds. The fourth-order valence-corrected chi connectivity index (χ4v) is 4.19. The standard InChI is InChI=1S/C18H13FN.C11H10N2.Ir/c1-13-12-20-18(15-8-5-9-16(19)10-15)11-17(13)14-6-3-2-4-7-14;1-2-4-10-9(3-1)5-7-13-8-6-12-11(10)13;/h2-9,11-12H,1H3;1-3,6,8,11H,5,7H2;/q-1;-2;+3. The Kier molecular flexibility index (Phi) is 7.56. The number of nitrogens with zero attached hydrogens (tertiary/aromatic N) is 3. The summed E-state index contributed by atoms with van der Waals surface area (Å²) < 4.78 is 13.3. The monoisotopic (exact) mass is 625 g/mol. The second kappa shape index (κ2) is 10.8. The van der Waals surface area contributed by atoms with Gasteiger partial charge in [0, 0.05) is 18.6 Å². The van der Waals surface area contributed by atoms with E-state index in [1.807, 2.05) is 55.7 Å². The Morgan fingerprint density at radius 1 is 1.06 bits per heavy atom. The Hall–Kier alpha value is -3.27. The second-order valence-corrected chi connectivity index (χ2v) is 8.08. The first-order chi connectivity index (χ1) is 16.2. The van der Waals surface area contributed by atoms with Gasteiger partial charge in [0.1, 0.15) is 0 Å². The summed E-state index contributed by atoms with van der Waals surface area (Å²) in [6.07, 6.45) is 7.10. The number of halogens is 1. The largest absolute Gasteiger partial charge is 3.00 e. The summed E-state index contributed by atoms with van der Waals surface area (Å²) in [7, 11) is 0. The van der Waals surface area contributed by atoms with Crippen molar-refractivity contribution >= 4 is 0 Å². The topological polar surface area (TPSA) is 30.2 Å². The molecule has 0 saturated heterocycles. The first kappa shape index (κ1) is 23.9. The molecule has 0 spiro atoms. The van der Waals surface area contributed by atoms with E-state index in [1.165, 1.54) is 17.2 Å². The van der Waals surface area contributed by atoms with E-state index in [2.05, 4.69) is 57.8 Å². The van der Waals surface area contributed by atoms with Crippen LogP contribution in [0.1, 0.15) is 22.9 Å². The Labute approximate surface area is 213 Å². The summed E-state index contributed by atoms with van der Waals surface area (Å²) >= 11 is 0. The normalized spacial score (nSPS) is 15.2. The number of hydrogen-bond acceptors (Lipinski definition) is 2. The minimum Gasteiger partial charge on any atom is -0.668 e. The van der Waals surface area contributed by atoms with Gasteiger partial charge in [-0.3, -0.25) is 0 Å². The van der Waals surface area contributed by atoms with Gasteiger partial charge in [0.25, 0.3) is 0 Å². The molecular weight excluding hydrogens is 602 g/mol. The average Bonchev–Trinajstić information content (AvgIpc) is 3.35. The van der Waals surface area contributed by atoms with Crippen molar-refractivity contribution in [2.24, 2.45) is 0 Å². The van der Waals surface area contributed by atoms with Crippen molar-refractivity contribution in [1.82, 2.24) is 9.88 Å². The van der Waals surface area contributed by atoms with Crippen LogP contribution in [0.15, 0.2) is 91.4 Å². The third-order valence-electron chi connectivity index (χ3n) is 5.90. The molecule has 0 N–H and O–H groups in total. The molecule has 3 nitrogen and oxygen atoms in total. The van der Waals surface area contributed by atoms with Crippen molar-refractivity contribution in [3.05, 3.63) is 131 Å². The van der Waals surface area contributed by atoms with E-state index in [0.717, 1.165) is 35.3 Å². The van der Waals surface area contributed by atoms with Gasteiger partial charge in [-0.2, -0.15) is 41.6 Å². The summed E-state index contributed by atoms with van der Waals surface area (Å²) in [5, 5.41) is 4.41. The Bertz CT molecular complexity index is 1290. The molecule has 1 atom stereocenters. The zero-order chi connectivity index (χ0) is 22.6. The molecule has 0 bridgehead atoms. The van der Waals surface area contributed by atoms with Gasteiger partial charge in [-0.05, 0) is 41.7 Å². The molecule has 1 unspecified atom stereocenters. The van der Waals surface area contributed by atoms with Gasteiger partial charge in [0.05, 0.1) is 0 Å². The van der Waals surface area contributed by atoms with E-state index in [-0.39, 0.29) is 32.1 Å². The number of pyridine rings is 1. The number of rotatable bonds is 2. The smallest absolute Gasteiger partial charge is 0.668 e. The second-order valence-electron chi connectivity index (χ2n) is 8.08. The summed E-state index contributed by atoms with van der Waals surface area (Å²) in [5.41, 5.74) is 7.38. The van der Waals surface area contributed by atoms with E-state index < -0.39 is 0 Å². The fourth-order valence-electron chi connectivity index (χ4n) is 4.19. The van der Waals surface area contributed by atoms with E-state index in [9.17, 15) is 4.39 Å². The minimum absolute atomic E-state index is 0. The number of benzene rings is 3. The molecule has 5 heteroatoms. The van der Waals surface area contributed by atoms with Crippen molar-refractivity contribution < 1.29 is 24.5 Å². The number of aromatic nitrogens is 1. The Morgan fingerprint density at radius 3 is 2.74 bits per heavy atom. The van der Waals surface area contributed by atoms with Gasteiger partial charge >= 0.3 is 20.1 Å². The first-order valence-electron chi connectivity index (χ1n) is 11.0. The SMILES string of the molecule is Cc1cnc(-c2[c-]c(F)ccc2)cc1-c1ccccc1.[Ir+3].[c-]1cccc2c1C1[N-]C=CN1CC2. The molecule has 2 aliphatic rings. The molecule has 1 aromatic heterocycles. The molecular formula is C29H23FIrN3. The zero-order valence-electron chi connectivity index (χ0n) is 18.7. The summed E-state index contributed by atoms with van der Waals surface area (Å²) in [6, 6.07) is 29.1. The van der Waals surface area contributed by atoms with Crippen molar-refractivity contribution in [1.29, 1.82) is 0 Å². The fraction of sp³-hybridized carbons (Fsp3) is 0.138. The van der Waals surface area contributed by atoms with Crippen LogP contribution in [0.2, 0.25) is 0 Å². The predicted octanol–water partition coefficient (Wildman–Crippen LogP) is 6.86. The van der Waals surface area contributed by atoms with Crippen LogP contribution in [-0.4, -0.2) is 16.4 Å². The van der Waals surface area contributed by atoms with Crippen molar-refractivity contribution in [3.8, 4) is 22.4 Å². The maximum absolute atomic E-state index is 13.3. The molecule has 2 aliphatic heterocycles. The average molecular weight is 625 g/mol. The van der Waals surface area contributed by atoms with Crippen molar-refractivity contribution in [2.75, 3.05) is 6.54 Å². The quantitative estimate of drug-likeness (QED) is 0.228. The molecule has 0 radical (unpaired) electrons. The summed E-state index contributed by atoms with van der Waals surface area (Å²) in [6.45, 7) is 3.10. The Morgan fingerprint density at radius 2 is 1.91 bits per heavy atom. The van der Waals surface area contributed by atoms with Gasteiger partial charge < -0.3 is 15.2 Å². The van der Waals surface area contributed by atoms with Gasteiger partial charge in [-0.25, -0.2) is 4.39 Å². The van der Waals surface area contributed by atoms with Crippen LogP contribution in [0.5, 0.6) is 0 Å². The number of fused-ring (bicyclic) bond motifs is 3. The molecule has 3 heterocycles.